The quantitative estimate of drug-likeness (QED) is 0.407. The average molecular weight is 353 g/mol. The third-order valence-electron chi connectivity index (χ3n) is 5.74. The van der Waals surface area contributed by atoms with Crippen LogP contribution in [0.15, 0.2) is 11.1 Å². The number of aliphatic hydroxyl groups is 1. The second-order valence-corrected chi connectivity index (χ2v) is 7.43. The van der Waals surface area contributed by atoms with E-state index in [4.69, 9.17) is 0 Å². The lowest BCUT2D eigenvalue weighted by Crippen LogP contribution is -2.38. The van der Waals surface area contributed by atoms with E-state index < -0.39 is 5.60 Å². The van der Waals surface area contributed by atoms with Crippen LogP contribution in [0.25, 0.3) is 0 Å². The number of carbonyl (C=O) groups is 2. The van der Waals surface area contributed by atoms with Gasteiger partial charge in [-0.1, -0.05) is 51.9 Å². The average Bonchev–Trinajstić information content (AvgIpc) is 2.76. The first-order valence-corrected chi connectivity index (χ1v) is 9.89. The van der Waals surface area contributed by atoms with Crippen molar-refractivity contribution in [3.63, 3.8) is 0 Å². The molecule has 0 saturated heterocycles. The van der Waals surface area contributed by atoms with Gasteiger partial charge in [0.25, 0.3) is 0 Å². The number of ether oxygens (including phenoxy) is 1. The molecule has 1 aliphatic carbocycles. The van der Waals surface area contributed by atoms with Crippen LogP contribution < -0.4 is 0 Å². The van der Waals surface area contributed by atoms with E-state index in [0.717, 1.165) is 68.9 Å². The lowest BCUT2D eigenvalue weighted by atomic mass is 9.79. The van der Waals surface area contributed by atoms with Crippen molar-refractivity contribution in [3.05, 3.63) is 11.1 Å². The lowest BCUT2D eigenvalue weighted by molar-refractivity contribution is -0.140. The molecule has 0 spiro atoms. The van der Waals surface area contributed by atoms with Crippen LogP contribution in [0.1, 0.15) is 91.4 Å². The summed E-state index contributed by atoms with van der Waals surface area (Å²) in [5.74, 6) is -0.229. The third-order valence-corrected chi connectivity index (χ3v) is 5.74. The Kier molecular flexibility index (Phi) is 9.41. The first kappa shape index (κ1) is 21.9. The molecule has 2 atom stereocenters. The minimum atomic E-state index is -0.929. The monoisotopic (exact) mass is 352 g/mol. The van der Waals surface area contributed by atoms with Crippen LogP contribution >= 0.6 is 0 Å². The predicted octanol–water partition coefficient (Wildman–Crippen LogP) is 4.74. The van der Waals surface area contributed by atoms with Gasteiger partial charge in [0, 0.05) is 6.42 Å². The minimum absolute atomic E-state index is 0.135. The molecular formula is C21H36O4. The Balaban J connectivity index is 2.35. The number of allylic oxidation sites excluding steroid dienone is 1. The van der Waals surface area contributed by atoms with Crippen molar-refractivity contribution in [3.8, 4) is 0 Å². The highest BCUT2D eigenvalue weighted by Gasteiger charge is 2.48. The van der Waals surface area contributed by atoms with E-state index in [0.29, 0.717) is 12.8 Å². The number of carbonyl (C=O) groups excluding carboxylic acids is 2. The zero-order valence-electron chi connectivity index (χ0n) is 16.5. The Hall–Kier alpha value is -1.16. The van der Waals surface area contributed by atoms with Gasteiger partial charge in [0.15, 0.2) is 5.78 Å². The molecule has 0 aromatic heterocycles. The van der Waals surface area contributed by atoms with Gasteiger partial charge in [-0.2, -0.15) is 0 Å². The first-order chi connectivity index (χ1) is 11.9. The van der Waals surface area contributed by atoms with Crippen LogP contribution in [0.2, 0.25) is 0 Å². The summed E-state index contributed by atoms with van der Waals surface area (Å²) in [6.07, 6.45) is 10.1. The highest BCUT2D eigenvalue weighted by Crippen LogP contribution is 2.43. The molecule has 0 aromatic rings. The molecule has 0 fully saturated rings. The SMILES string of the molecule is CCCC[C@@H]1C(=O)C(C)=C(C)[C@@]1(O)CCCCCCCCC(=O)OC. The lowest BCUT2D eigenvalue weighted by Gasteiger charge is -2.31. The van der Waals surface area contributed by atoms with Crippen LogP contribution in [0, 0.1) is 5.92 Å². The molecule has 0 amide bonds. The fraction of sp³-hybridized carbons (Fsp3) is 0.810. The van der Waals surface area contributed by atoms with Crippen LogP contribution in [0.3, 0.4) is 0 Å². The molecule has 0 aliphatic heterocycles. The highest BCUT2D eigenvalue weighted by molar-refractivity contribution is 6.01. The van der Waals surface area contributed by atoms with Crippen LogP contribution in [0.5, 0.6) is 0 Å². The van der Waals surface area contributed by atoms with Gasteiger partial charge in [0.1, 0.15) is 0 Å². The number of esters is 1. The van der Waals surface area contributed by atoms with Gasteiger partial charge < -0.3 is 9.84 Å². The van der Waals surface area contributed by atoms with Gasteiger partial charge in [-0.25, -0.2) is 0 Å². The number of methoxy groups -OCH3 is 1. The van der Waals surface area contributed by atoms with Crippen LogP contribution in [0.4, 0.5) is 0 Å². The molecule has 1 N–H and O–H groups in total. The van der Waals surface area contributed by atoms with Gasteiger partial charge in [-0.3, -0.25) is 9.59 Å². The van der Waals surface area contributed by atoms with Gasteiger partial charge in [-0.05, 0) is 44.3 Å². The Morgan fingerprint density at radius 3 is 2.28 bits per heavy atom. The Labute approximate surface area is 153 Å². The molecule has 1 rings (SSSR count). The predicted molar refractivity (Wildman–Crippen MR) is 100 cm³/mol. The molecular weight excluding hydrogens is 316 g/mol. The van der Waals surface area contributed by atoms with E-state index in [1.807, 2.05) is 13.8 Å². The van der Waals surface area contributed by atoms with Crippen LogP contribution in [-0.2, 0) is 14.3 Å². The second-order valence-electron chi connectivity index (χ2n) is 7.43. The standard InChI is InChI=1S/C21H36O4/c1-5-6-13-18-20(23)16(2)17(3)21(18,24)15-12-10-8-7-9-11-14-19(22)25-4/h18,24H,5-15H2,1-4H3/t18-,21+/m1/s1. The molecule has 0 radical (unpaired) electrons. The maximum Gasteiger partial charge on any atom is 0.305 e. The van der Waals surface area contributed by atoms with Crippen molar-refractivity contribution in [2.24, 2.45) is 5.92 Å². The molecule has 25 heavy (non-hydrogen) atoms. The smallest absolute Gasteiger partial charge is 0.305 e. The minimum Gasteiger partial charge on any atom is -0.469 e. The molecule has 144 valence electrons. The number of ketones is 1. The second kappa shape index (κ2) is 10.7. The van der Waals surface area contributed by atoms with E-state index in [-0.39, 0.29) is 17.7 Å². The van der Waals surface area contributed by atoms with Crippen molar-refractivity contribution in [1.29, 1.82) is 0 Å². The molecule has 0 heterocycles. The molecule has 0 unspecified atom stereocenters. The van der Waals surface area contributed by atoms with Crippen molar-refractivity contribution in [1.82, 2.24) is 0 Å². The zero-order valence-corrected chi connectivity index (χ0v) is 16.5. The number of unbranched alkanes of at least 4 members (excludes halogenated alkanes) is 6. The number of hydrogen-bond acceptors (Lipinski definition) is 4. The normalized spacial score (nSPS) is 23.4. The first-order valence-electron chi connectivity index (χ1n) is 9.89. The van der Waals surface area contributed by atoms with Gasteiger partial charge in [0.2, 0.25) is 0 Å². The summed E-state index contributed by atoms with van der Waals surface area (Å²) in [4.78, 5) is 23.5. The number of Topliss-reactive ketones (excluding diaryl/α,β-unsaturated/α-hetero) is 1. The summed E-state index contributed by atoms with van der Waals surface area (Å²) in [6, 6.07) is 0. The molecule has 0 saturated carbocycles. The molecule has 4 nitrogen and oxygen atoms in total. The van der Waals surface area contributed by atoms with E-state index in [9.17, 15) is 14.7 Å². The van der Waals surface area contributed by atoms with Crippen molar-refractivity contribution >= 4 is 11.8 Å². The van der Waals surface area contributed by atoms with E-state index in [1.165, 1.54) is 7.11 Å². The molecule has 0 aromatic carbocycles. The summed E-state index contributed by atoms with van der Waals surface area (Å²) in [5.41, 5.74) is 0.726. The summed E-state index contributed by atoms with van der Waals surface area (Å²) >= 11 is 0. The molecule has 0 bridgehead atoms. The van der Waals surface area contributed by atoms with Crippen LogP contribution in [-0.4, -0.2) is 29.6 Å². The van der Waals surface area contributed by atoms with Gasteiger partial charge >= 0.3 is 5.97 Å². The fourth-order valence-electron chi connectivity index (χ4n) is 3.86. The van der Waals surface area contributed by atoms with Crippen molar-refractivity contribution in [2.45, 2.75) is 97.0 Å². The zero-order chi connectivity index (χ0) is 18.9. The number of rotatable bonds is 12. The van der Waals surface area contributed by atoms with Crippen molar-refractivity contribution < 1.29 is 19.4 Å². The van der Waals surface area contributed by atoms with E-state index in [2.05, 4.69) is 11.7 Å². The topological polar surface area (TPSA) is 63.6 Å². The summed E-state index contributed by atoms with van der Waals surface area (Å²) in [5, 5.41) is 11.2. The van der Waals surface area contributed by atoms with Gasteiger partial charge in [0.05, 0.1) is 18.6 Å². The third kappa shape index (κ3) is 5.95. The maximum atomic E-state index is 12.5. The Morgan fingerprint density at radius 1 is 1.08 bits per heavy atom. The maximum absolute atomic E-state index is 12.5. The highest BCUT2D eigenvalue weighted by atomic mass is 16.5. The van der Waals surface area contributed by atoms with E-state index in [1.54, 1.807) is 0 Å². The summed E-state index contributed by atoms with van der Waals surface area (Å²) in [7, 11) is 1.42. The Bertz CT molecular complexity index is 480. The summed E-state index contributed by atoms with van der Waals surface area (Å²) < 4.78 is 4.63. The fourth-order valence-corrected chi connectivity index (χ4v) is 3.86. The molecule has 4 heteroatoms. The van der Waals surface area contributed by atoms with Gasteiger partial charge in [-0.15, -0.1) is 0 Å². The largest absolute Gasteiger partial charge is 0.469 e. The Morgan fingerprint density at radius 2 is 1.68 bits per heavy atom. The van der Waals surface area contributed by atoms with E-state index >= 15 is 0 Å². The number of hydrogen-bond donors (Lipinski definition) is 1. The van der Waals surface area contributed by atoms with Crippen molar-refractivity contribution in [2.75, 3.05) is 7.11 Å². The summed E-state index contributed by atoms with van der Waals surface area (Å²) in [6.45, 7) is 5.90. The molecule has 1 aliphatic rings.